The Hall–Kier alpha value is -3.44. The van der Waals surface area contributed by atoms with Crippen molar-refractivity contribution in [2.45, 2.75) is 64.3 Å². The van der Waals surface area contributed by atoms with Gasteiger partial charge in [-0.05, 0) is 57.0 Å². The molecule has 2 N–H and O–H groups in total. The number of likely N-dealkylation sites (tertiary alicyclic amines) is 1. The zero-order chi connectivity index (χ0) is 29.4. The number of carbonyl (C=O) groups excluding carboxylic acids is 1. The first-order valence-electron chi connectivity index (χ1n) is 12.9. The number of fused-ring (bicyclic) bond motifs is 1. The Kier molecular flexibility index (Phi) is 10.7. The van der Waals surface area contributed by atoms with Gasteiger partial charge < -0.3 is 10.4 Å². The van der Waals surface area contributed by atoms with Crippen molar-refractivity contribution in [1.82, 2.24) is 20.0 Å². The fraction of sp³-hybridized carbons (Fsp3) is 0.429. The van der Waals surface area contributed by atoms with Gasteiger partial charge in [0.05, 0.1) is 17.6 Å². The lowest BCUT2D eigenvalue weighted by Gasteiger charge is -2.25. The van der Waals surface area contributed by atoms with Gasteiger partial charge >= 0.3 is 12.1 Å². The highest BCUT2D eigenvalue weighted by molar-refractivity contribution is 6.30. The van der Waals surface area contributed by atoms with E-state index in [4.69, 9.17) is 26.6 Å². The normalized spacial score (nSPS) is 15.6. The van der Waals surface area contributed by atoms with Crippen LogP contribution in [0.1, 0.15) is 44.4 Å². The number of nitrogens with one attached hydrogen (secondary N) is 1. The molecule has 1 amide bonds. The van der Waals surface area contributed by atoms with E-state index in [2.05, 4.69) is 10.2 Å². The molecule has 12 heteroatoms. The van der Waals surface area contributed by atoms with Gasteiger partial charge in [-0.15, -0.1) is 0 Å². The van der Waals surface area contributed by atoms with Crippen molar-refractivity contribution in [3.8, 4) is 0 Å². The van der Waals surface area contributed by atoms with E-state index in [-0.39, 0.29) is 23.6 Å². The monoisotopic (exact) mass is 580 g/mol. The summed E-state index contributed by atoms with van der Waals surface area (Å²) in [6, 6.07) is 15.8. The van der Waals surface area contributed by atoms with Gasteiger partial charge in [0.25, 0.3) is 5.56 Å². The Balaban J connectivity index is 0.000000559. The van der Waals surface area contributed by atoms with Crippen LogP contribution >= 0.6 is 11.6 Å². The number of carboxylic acids is 1. The van der Waals surface area contributed by atoms with Gasteiger partial charge in [0.1, 0.15) is 0 Å². The van der Waals surface area contributed by atoms with E-state index in [0.29, 0.717) is 36.3 Å². The van der Waals surface area contributed by atoms with E-state index < -0.39 is 12.1 Å². The molecule has 40 heavy (non-hydrogen) atoms. The summed E-state index contributed by atoms with van der Waals surface area (Å²) >= 11 is 6.04. The van der Waals surface area contributed by atoms with Gasteiger partial charge in [0.15, 0.2) is 0 Å². The highest BCUT2D eigenvalue weighted by Crippen LogP contribution is 2.21. The first kappa shape index (κ1) is 31.1. The lowest BCUT2D eigenvalue weighted by atomic mass is 10.0. The Morgan fingerprint density at radius 1 is 1.12 bits per heavy atom. The van der Waals surface area contributed by atoms with Crippen LogP contribution in [0.4, 0.5) is 13.2 Å². The van der Waals surface area contributed by atoms with Gasteiger partial charge in [-0.25, -0.2) is 9.48 Å². The predicted octanol–water partition coefficient (Wildman–Crippen LogP) is 4.65. The molecule has 2 aromatic carbocycles. The number of amides is 1. The number of hydrogen-bond donors (Lipinski definition) is 2. The van der Waals surface area contributed by atoms with Crippen LogP contribution in [0.3, 0.4) is 0 Å². The Morgan fingerprint density at radius 2 is 1.75 bits per heavy atom. The molecule has 4 rings (SSSR count). The van der Waals surface area contributed by atoms with Crippen molar-refractivity contribution in [3.63, 3.8) is 0 Å². The molecular formula is C28H32ClF3N4O4. The standard InChI is InChI=1S/C26H31ClN4O2.C2HF3O2/c1-18(2)28-25(32)13-15-30-14-5-6-21(30)17-31-26(33)23-8-4-3-7-22(23)24(29-31)16-19-9-11-20(27)12-10-19;3-2(4,5)1(6)7/h3-4,7-12,18,21H,5-6,13-17H2,1-2H3,(H,28,32);(H,6,7)/t21-;/m1./s1. The second-order valence-electron chi connectivity index (χ2n) is 9.89. The second-order valence-corrected chi connectivity index (χ2v) is 10.3. The minimum atomic E-state index is -5.08. The van der Waals surface area contributed by atoms with Crippen LogP contribution < -0.4 is 10.9 Å². The molecule has 0 bridgehead atoms. The van der Waals surface area contributed by atoms with Gasteiger partial charge in [-0.2, -0.15) is 18.3 Å². The average Bonchev–Trinajstić information content (AvgIpc) is 3.33. The average molecular weight is 581 g/mol. The minimum absolute atomic E-state index is 0.0603. The van der Waals surface area contributed by atoms with Crippen LogP contribution in [0.5, 0.6) is 0 Å². The summed E-state index contributed by atoms with van der Waals surface area (Å²) in [7, 11) is 0. The smallest absolute Gasteiger partial charge is 0.475 e. The molecule has 0 aliphatic carbocycles. The topological polar surface area (TPSA) is 105 Å². The Bertz CT molecular complexity index is 1380. The van der Waals surface area contributed by atoms with Crippen LogP contribution in [-0.2, 0) is 22.6 Å². The molecule has 0 unspecified atom stereocenters. The molecule has 1 atom stereocenters. The first-order chi connectivity index (χ1) is 18.8. The van der Waals surface area contributed by atoms with Gasteiger partial charge in [-0.3, -0.25) is 14.5 Å². The summed E-state index contributed by atoms with van der Waals surface area (Å²) in [5.74, 6) is -2.69. The first-order valence-corrected chi connectivity index (χ1v) is 13.3. The summed E-state index contributed by atoms with van der Waals surface area (Å²) in [5, 5.41) is 17.2. The highest BCUT2D eigenvalue weighted by atomic mass is 35.5. The maximum absolute atomic E-state index is 13.3. The fourth-order valence-electron chi connectivity index (χ4n) is 4.59. The largest absolute Gasteiger partial charge is 0.490 e. The lowest BCUT2D eigenvalue weighted by molar-refractivity contribution is -0.192. The van der Waals surface area contributed by atoms with Crippen molar-refractivity contribution in [1.29, 1.82) is 0 Å². The maximum atomic E-state index is 13.3. The van der Waals surface area contributed by atoms with Crippen molar-refractivity contribution < 1.29 is 27.9 Å². The maximum Gasteiger partial charge on any atom is 0.490 e. The van der Waals surface area contributed by atoms with E-state index >= 15 is 0 Å². The number of rotatable bonds is 8. The molecule has 1 fully saturated rings. The Labute approximate surface area is 234 Å². The fourth-order valence-corrected chi connectivity index (χ4v) is 4.72. The molecule has 1 aliphatic rings. The lowest BCUT2D eigenvalue weighted by Crippen LogP contribution is -2.40. The molecule has 0 radical (unpaired) electrons. The van der Waals surface area contributed by atoms with Crippen LogP contribution in [0.25, 0.3) is 10.8 Å². The summed E-state index contributed by atoms with van der Waals surface area (Å²) < 4.78 is 33.4. The second kappa shape index (κ2) is 13.8. The van der Waals surface area contributed by atoms with E-state index in [1.807, 2.05) is 62.4 Å². The van der Waals surface area contributed by atoms with Gasteiger partial charge in [0.2, 0.25) is 5.91 Å². The number of halogens is 4. The van der Waals surface area contributed by atoms with Crippen molar-refractivity contribution in [2.75, 3.05) is 13.1 Å². The molecule has 1 aliphatic heterocycles. The number of alkyl halides is 3. The molecule has 0 spiro atoms. The van der Waals surface area contributed by atoms with Crippen LogP contribution in [-0.4, -0.2) is 63.0 Å². The van der Waals surface area contributed by atoms with Crippen molar-refractivity contribution in [2.24, 2.45) is 0 Å². The third-order valence-electron chi connectivity index (χ3n) is 6.43. The quantitative estimate of drug-likeness (QED) is 0.402. The van der Waals surface area contributed by atoms with Gasteiger partial charge in [-0.1, -0.05) is 41.9 Å². The summed E-state index contributed by atoms with van der Waals surface area (Å²) in [5.41, 5.74) is 1.92. The van der Waals surface area contributed by atoms with Crippen LogP contribution in [0.15, 0.2) is 53.3 Å². The molecule has 3 aromatic rings. The van der Waals surface area contributed by atoms with E-state index in [0.717, 1.165) is 36.0 Å². The third kappa shape index (κ3) is 8.79. The van der Waals surface area contributed by atoms with E-state index in [1.165, 1.54) is 0 Å². The number of aromatic nitrogens is 2. The number of carboxylic acid groups (broad SMARTS) is 1. The summed E-state index contributed by atoms with van der Waals surface area (Å²) in [6.07, 6.45) is -1.92. The molecule has 1 aromatic heterocycles. The van der Waals surface area contributed by atoms with Gasteiger partial charge in [0, 0.05) is 41.9 Å². The molecule has 216 valence electrons. The van der Waals surface area contributed by atoms with E-state index in [1.54, 1.807) is 4.68 Å². The molecule has 0 saturated carbocycles. The van der Waals surface area contributed by atoms with E-state index in [9.17, 15) is 22.8 Å². The molecular weight excluding hydrogens is 549 g/mol. The van der Waals surface area contributed by atoms with Crippen molar-refractivity contribution >= 4 is 34.2 Å². The predicted molar refractivity (Wildman–Crippen MR) is 146 cm³/mol. The van der Waals surface area contributed by atoms with Crippen LogP contribution in [0, 0.1) is 0 Å². The van der Waals surface area contributed by atoms with Crippen molar-refractivity contribution in [3.05, 3.63) is 75.2 Å². The number of hydrogen-bond acceptors (Lipinski definition) is 5. The minimum Gasteiger partial charge on any atom is -0.475 e. The number of aliphatic carboxylic acids is 1. The molecule has 2 heterocycles. The van der Waals surface area contributed by atoms with Crippen LogP contribution in [0.2, 0.25) is 5.02 Å². The number of carbonyl (C=O) groups is 2. The summed E-state index contributed by atoms with van der Waals surface area (Å²) in [6.45, 7) is 6.11. The number of benzene rings is 2. The number of nitrogens with zero attached hydrogens (tertiary/aromatic N) is 3. The Morgan fingerprint density at radius 3 is 2.35 bits per heavy atom. The summed E-state index contributed by atoms with van der Waals surface area (Å²) in [4.78, 5) is 36.6. The molecule has 1 saturated heterocycles. The third-order valence-corrected chi connectivity index (χ3v) is 6.68. The zero-order valence-corrected chi connectivity index (χ0v) is 23.0. The molecule has 8 nitrogen and oxygen atoms in total. The zero-order valence-electron chi connectivity index (χ0n) is 22.2. The highest BCUT2D eigenvalue weighted by Gasteiger charge is 2.38. The SMILES string of the molecule is CC(C)NC(=O)CCN1CCC[C@@H]1Cn1nc(Cc2ccc(Cl)cc2)c2ccccc2c1=O.O=C(O)C(F)(F)F.